The molecule has 4 aliphatic carbocycles. The van der Waals surface area contributed by atoms with Crippen LogP contribution in [0.3, 0.4) is 0 Å². The Kier molecular flexibility index (Phi) is 8.86. The van der Waals surface area contributed by atoms with Crippen molar-refractivity contribution in [2.75, 3.05) is 6.61 Å². The Morgan fingerprint density at radius 1 is 0.830 bits per heavy atom. The number of esters is 1. The predicted octanol–water partition coefficient (Wildman–Crippen LogP) is 2.10. The highest BCUT2D eigenvalue weighted by molar-refractivity contribution is 5.87. The summed E-state index contributed by atoms with van der Waals surface area (Å²) in [6.07, 6.45) is -4.47. The number of carbonyl (C=O) groups is 2. The highest BCUT2D eigenvalue weighted by Gasteiger charge is 2.71. The van der Waals surface area contributed by atoms with Gasteiger partial charge in [0, 0.05) is 18.3 Å². The lowest BCUT2D eigenvalue weighted by Crippen LogP contribution is -2.68. The number of carbonyl (C=O) groups excluding carboxylic acids is 2. The molecule has 6 N–H and O–H groups in total. The molecule has 0 aromatic rings. The molecule has 0 radical (unpaired) electrons. The Morgan fingerprint density at radius 2 is 1.47 bits per heavy atom. The van der Waals surface area contributed by atoms with Gasteiger partial charge in [-0.3, -0.25) is 9.59 Å². The molecule has 47 heavy (non-hydrogen) atoms. The van der Waals surface area contributed by atoms with Crippen molar-refractivity contribution in [1.82, 2.24) is 0 Å². The number of epoxide rings is 1. The largest absolute Gasteiger partial charge is 0.432 e. The number of aliphatic hydroxyl groups excluding tert-OH is 6. The standard InChI is InChI=1S/C36H58O11/c1-17(14-21(38)29-32(2,3)47-29)18-10-12-34(5)19-8-9-23-35(6,20(19)11-13-33(18,34)4)24(39)15-25(40)36(23,7)31(44)46-30-28(43)27(42)26(41)22(16-37)45-30/h17-20,22-30,37,39-43H,8-16H2,1-7H3/t17-,18-,19-,20+,22-,23+,24+,25-,26-,27+,28-,29+,30+,33-,34+,35-,36-/m0/s1. The molecule has 2 heterocycles. The Balaban J connectivity index is 1.23. The molecule has 2 aliphatic heterocycles. The highest BCUT2D eigenvalue weighted by atomic mass is 16.7. The second-order valence-electron chi connectivity index (χ2n) is 17.6. The third-order valence-electron chi connectivity index (χ3n) is 15.3. The third-order valence-corrected chi connectivity index (χ3v) is 15.3. The Bertz CT molecular complexity index is 1240. The van der Waals surface area contributed by atoms with Gasteiger partial charge in [0.25, 0.3) is 0 Å². The van der Waals surface area contributed by atoms with E-state index in [2.05, 4.69) is 27.7 Å². The molecule has 0 amide bonds. The summed E-state index contributed by atoms with van der Waals surface area (Å²) in [6.45, 7) is 14.1. The monoisotopic (exact) mass is 666 g/mol. The molecule has 6 aliphatic rings. The minimum Gasteiger partial charge on any atom is -0.432 e. The van der Waals surface area contributed by atoms with Crippen molar-refractivity contribution in [1.29, 1.82) is 0 Å². The van der Waals surface area contributed by atoms with Gasteiger partial charge in [-0.2, -0.15) is 0 Å². The van der Waals surface area contributed by atoms with E-state index in [0.29, 0.717) is 18.8 Å². The van der Waals surface area contributed by atoms with Gasteiger partial charge in [0.2, 0.25) is 6.29 Å². The van der Waals surface area contributed by atoms with Crippen LogP contribution >= 0.6 is 0 Å². The Morgan fingerprint density at radius 3 is 2.09 bits per heavy atom. The van der Waals surface area contributed by atoms with E-state index in [1.807, 2.05) is 13.8 Å². The quantitative estimate of drug-likeness (QED) is 0.173. The zero-order chi connectivity index (χ0) is 34.6. The molecule has 0 unspecified atom stereocenters. The summed E-state index contributed by atoms with van der Waals surface area (Å²) in [5.74, 6) is -0.0363. The van der Waals surface area contributed by atoms with Crippen LogP contribution in [0.1, 0.15) is 99.8 Å². The topological polar surface area (TPSA) is 187 Å². The zero-order valence-corrected chi connectivity index (χ0v) is 29.1. The van der Waals surface area contributed by atoms with Crippen molar-refractivity contribution in [3.8, 4) is 0 Å². The van der Waals surface area contributed by atoms with Gasteiger partial charge in [0.05, 0.1) is 29.8 Å². The van der Waals surface area contributed by atoms with Crippen molar-refractivity contribution in [3.63, 3.8) is 0 Å². The predicted molar refractivity (Wildman–Crippen MR) is 168 cm³/mol. The van der Waals surface area contributed by atoms with E-state index >= 15 is 0 Å². The number of hydrogen-bond donors (Lipinski definition) is 6. The molecule has 6 fully saturated rings. The lowest BCUT2D eigenvalue weighted by molar-refractivity contribution is -0.303. The Hall–Kier alpha value is -1.18. The van der Waals surface area contributed by atoms with Crippen LogP contribution < -0.4 is 0 Å². The normalized spacial score (nSPS) is 54.1. The van der Waals surface area contributed by atoms with Crippen molar-refractivity contribution in [3.05, 3.63) is 0 Å². The first-order valence-electron chi connectivity index (χ1n) is 17.9. The first-order valence-corrected chi connectivity index (χ1v) is 17.9. The highest BCUT2D eigenvalue weighted by Crippen LogP contribution is 2.75. The molecule has 0 aromatic heterocycles. The van der Waals surface area contributed by atoms with Crippen molar-refractivity contribution < 1.29 is 54.4 Å². The van der Waals surface area contributed by atoms with Crippen LogP contribution in [0, 0.1) is 51.2 Å². The van der Waals surface area contributed by atoms with E-state index < -0.39 is 72.2 Å². The van der Waals surface area contributed by atoms with Crippen LogP contribution in [0.25, 0.3) is 0 Å². The molecule has 0 spiro atoms. The fraction of sp³-hybridized carbons (Fsp3) is 0.944. The third kappa shape index (κ3) is 5.03. The zero-order valence-electron chi connectivity index (χ0n) is 29.1. The molecule has 268 valence electrons. The van der Waals surface area contributed by atoms with Crippen molar-refractivity contribution >= 4 is 11.8 Å². The van der Waals surface area contributed by atoms with Crippen molar-refractivity contribution in [2.45, 2.75) is 154 Å². The van der Waals surface area contributed by atoms with Crippen LogP contribution in [0.15, 0.2) is 0 Å². The van der Waals surface area contributed by atoms with Gasteiger partial charge < -0.3 is 44.8 Å². The van der Waals surface area contributed by atoms with E-state index in [-0.39, 0.29) is 52.5 Å². The number of hydrogen-bond acceptors (Lipinski definition) is 11. The van der Waals surface area contributed by atoms with E-state index in [9.17, 15) is 40.2 Å². The minimum absolute atomic E-state index is 0.00810. The van der Waals surface area contributed by atoms with E-state index in [1.165, 1.54) is 0 Å². The molecule has 6 rings (SSSR count). The number of fused-ring (bicyclic) bond motifs is 5. The van der Waals surface area contributed by atoms with Gasteiger partial charge >= 0.3 is 5.97 Å². The van der Waals surface area contributed by atoms with Crippen LogP contribution in [-0.4, -0.2) is 104 Å². The van der Waals surface area contributed by atoms with Crippen LogP contribution in [0.5, 0.6) is 0 Å². The lowest BCUT2D eigenvalue weighted by atomic mass is 9.37. The Labute approximate surface area is 278 Å². The van der Waals surface area contributed by atoms with E-state index in [0.717, 1.165) is 32.1 Å². The first kappa shape index (κ1) is 35.6. The molecule has 11 heteroatoms. The number of aliphatic hydroxyl groups is 6. The molecular weight excluding hydrogens is 608 g/mol. The molecule has 11 nitrogen and oxygen atoms in total. The number of ketones is 1. The maximum Gasteiger partial charge on any atom is 0.317 e. The summed E-state index contributed by atoms with van der Waals surface area (Å²) in [5, 5.41) is 63.9. The van der Waals surface area contributed by atoms with E-state index in [4.69, 9.17) is 14.2 Å². The molecule has 0 aromatic carbocycles. The fourth-order valence-electron chi connectivity index (χ4n) is 12.1. The van der Waals surface area contributed by atoms with Gasteiger partial charge in [-0.05, 0) is 99.7 Å². The average Bonchev–Trinajstić information content (AvgIpc) is 3.56. The first-order chi connectivity index (χ1) is 21.8. The lowest BCUT2D eigenvalue weighted by Gasteiger charge is -2.68. The summed E-state index contributed by atoms with van der Waals surface area (Å²) in [6, 6.07) is 0. The molecule has 0 bridgehead atoms. The molecular formula is C36H58O11. The van der Waals surface area contributed by atoms with Gasteiger partial charge in [-0.15, -0.1) is 0 Å². The van der Waals surface area contributed by atoms with Crippen LogP contribution in [0.2, 0.25) is 0 Å². The van der Waals surface area contributed by atoms with E-state index in [1.54, 1.807) is 6.92 Å². The SMILES string of the molecule is C[C@@H](CC(=O)[C@H]1OC1(C)C)[C@@H]1CC[C@]2(C)[C@H]3CC[C@H]4[C@](C)(C(=O)O[C@H]5O[C@@H](CO)[C@H](O)[C@@H](O)[C@@H]5O)[C@@H](O)C[C@@H](O)[C@@]4(C)[C@@H]3CC[C@@]12C. The molecule has 4 saturated carbocycles. The summed E-state index contributed by atoms with van der Waals surface area (Å²) in [7, 11) is 0. The minimum atomic E-state index is -1.75. The molecule has 17 atom stereocenters. The van der Waals surface area contributed by atoms with Crippen molar-refractivity contribution in [2.24, 2.45) is 51.2 Å². The second-order valence-corrected chi connectivity index (χ2v) is 17.6. The summed E-state index contributed by atoms with van der Waals surface area (Å²) >= 11 is 0. The van der Waals surface area contributed by atoms with Gasteiger partial charge in [0.1, 0.15) is 30.5 Å². The van der Waals surface area contributed by atoms with Gasteiger partial charge in [-0.25, -0.2) is 0 Å². The summed E-state index contributed by atoms with van der Waals surface area (Å²) in [4.78, 5) is 27.2. The maximum absolute atomic E-state index is 14.1. The second kappa shape index (κ2) is 11.7. The molecule has 2 saturated heterocycles. The maximum atomic E-state index is 14.1. The van der Waals surface area contributed by atoms with Crippen LogP contribution in [0.4, 0.5) is 0 Å². The number of rotatable bonds is 7. The van der Waals surface area contributed by atoms with Crippen LogP contribution in [-0.2, 0) is 23.8 Å². The summed E-state index contributed by atoms with van der Waals surface area (Å²) in [5.41, 5.74) is -2.51. The van der Waals surface area contributed by atoms with Gasteiger partial charge in [0.15, 0.2) is 5.78 Å². The number of ether oxygens (including phenoxy) is 3. The smallest absolute Gasteiger partial charge is 0.317 e. The van der Waals surface area contributed by atoms with Gasteiger partial charge in [-0.1, -0.05) is 27.7 Å². The summed E-state index contributed by atoms with van der Waals surface area (Å²) < 4.78 is 16.8. The fourth-order valence-corrected chi connectivity index (χ4v) is 12.1. The average molecular weight is 667 g/mol. The number of Topliss-reactive ketones (excluding diaryl/α,β-unsaturated/α-hetero) is 1.